The predicted molar refractivity (Wildman–Crippen MR) is 96.3 cm³/mol. The second-order valence-electron chi connectivity index (χ2n) is 6.19. The Hall–Kier alpha value is -2.83. The highest BCUT2D eigenvalue weighted by Gasteiger charge is 2.11. The minimum Gasteiger partial charge on any atom is -0.354 e. The van der Waals surface area contributed by atoms with Crippen molar-refractivity contribution in [2.24, 2.45) is 0 Å². The molecular weight excluding hydrogens is 318 g/mol. The Morgan fingerprint density at radius 3 is 2.64 bits per heavy atom. The molecule has 7 heteroatoms. The molecule has 0 unspecified atom stereocenters. The third kappa shape index (κ3) is 5.95. The van der Waals surface area contributed by atoms with E-state index in [0.29, 0.717) is 13.1 Å². The summed E-state index contributed by atoms with van der Waals surface area (Å²) < 4.78 is 1.78. The van der Waals surface area contributed by atoms with E-state index in [4.69, 9.17) is 0 Å². The van der Waals surface area contributed by atoms with Crippen LogP contribution in [0.5, 0.6) is 0 Å². The molecule has 2 N–H and O–H groups in total. The molecule has 0 aliphatic rings. The van der Waals surface area contributed by atoms with E-state index in [1.165, 1.54) is 0 Å². The van der Waals surface area contributed by atoms with E-state index in [2.05, 4.69) is 15.7 Å². The van der Waals surface area contributed by atoms with Crippen LogP contribution in [0.15, 0.2) is 42.7 Å². The Morgan fingerprint density at radius 1 is 1.24 bits per heavy atom. The lowest BCUT2D eigenvalue weighted by atomic mass is 10.3. The van der Waals surface area contributed by atoms with Gasteiger partial charge in [-0.15, -0.1) is 0 Å². The van der Waals surface area contributed by atoms with E-state index in [1.54, 1.807) is 22.8 Å². The summed E-state index contributed by atoms with van der Waals surface area (Å²) in [6.07, 6.45) is 3.91. The maximum Gasteiger partial charge on any atom is 0.317 e. The van der Waals surface area contributed by atoms with Crippen LogP contribution >= 0.6 is 0 Å². The number of para-hydroxylation sites is 1. The number of aromatic nitrogens is 2. The highest BCUT2D eigenvalue weighted by atomic mass is 16.2. The number of rotatable bonds is 7. The van der Waals surface area contributed by atoms with Crippen LogP contribution in [0.1, 0.15) is 25.8 Å². The molecule has 0 atom stereocenters. The number of nitrogens with one attached hydrogen (secondary N) is 2. The van der Waals surface area contributed by atoms with Gasteiger partial charge in [0, 0.05) is 37.8 Å². The first-order valence-electron chi connectivity index (χ1n) is 8.33. The van der Waals surface area contributed by atoms with Crippen molar-refractivity contribution >= 4 is 11.9 Å². The molecular formula is C18H25N5O2. The van der Waals surface area contributed by atoms with Gasteiger partial charge < -0.3 is 15.5 Å². The van der Waals surface area contributed by atoms with Crippen molar-refractivity contribution in [2.75, 3.05) is 13.6 Å². The molecule has 0 radical (unpaired) electrons. The number of hydrogen-bond acceptors (Lipinski definition) is 3. The first-order chi connectivity index (χ1) is 12.0. The van der Waals surface area contributed by atoms with Crippen LogP contribution in [-0.2, 0) is 11.3 Å². The lowest BCUT2D eigenvalue weighted by molar-refractivity contribution is -0.121. The smallest absolute Gasteiger partial charge is 0.317 e. The van der Waals surface area contributed by atoms with Crippen molar-refractivity contribution in [2.45, 2.75) is 32.9 Å². The van der Waals surface area contributed by atoms with Gasteiger partial charge in [-0.25, -0.2) is 9.48 Å². The maximum absolute atomic E-state index is 12.1. The van der Waals surface area contributed by atoms with E-state index in [-0.39, 0.29) is 24.4 Å². The van der Waals surface area contributed by atoms with Crippen LogP contribution in [-0.4, -0.2) is 46.3 Å². The zero-order valence-electron chi connectivity index (χ0n) is 14.9. The van der Waals surface area contributed by atoms with E-state index >= 15 is 0 Å². The Kier molecular flexibility index (Phi) is 6.56. The molecule has 0 bridgehead atoms. The number of nitrogens with zero attached hydrogens (tertiary/aromatic N) is 3. The van der Waals surface area contributed by atoms with Crippen molar-refractivity contribution in [3.8, 4) is 5.69 Å². The first-order valence-corrected chi connectivity index (χ1v) is 8.33. The zero-order chi connectivity index (χ0) is 18.2. The lowest BCUT2D eigenvalue weighted by Crippen LogP contribution is -2.39. The highest BCUT2D eigenvalue weighted by Crippen LogP contribution is 2.09. The molecule has 1 aromatic carbocycles. The molecule has 1 heterocycles. The number of benzene rings is 1. The molecule has 0 saturated heterocycles. The lowest BCUT2D eigenvalue weighted by Gasteiger charge is -2.17. The largest absolute Gasteiger partial charge is 0.354 e. The van der Waals surface area contributed by atoms with Crippen LogP contribution in [0.3, 0.4) is 0 Å². The maximum atomic E-state index is 12.1. The summed E-state index contributed by atoms with van der Waals surface area (Å²) in [5.41, 5.74) is 1.90. The number of amides is 3. The minimum absolute atomic E-state index is 0.0675. The standard InChI is InChI=1S/C18H25N5O2/c1-14(2)21-17(24)9-10-19-18(25)22(3)12-15-11-20-23(13-15)16-7-5-4-6-8-16/h4-8,11,13-14H,9-10,12H2,1-3H3,(H,19,25)(H,21,24). The molecule has 134 valence electrons. The molecule has 25 heavy (non-hydrogen) atoms. The molecule has 7 nitrogen and oxygen atoms in total. The van der Waals surface area contributed by atoms with Crippen LogP contribution in [0, 0.1) is 0 Å². The molecule has 0 saturated carbocycles. The summed E-state index contributed by atoms with van der Waals surface area (Å²) in [6, 6.07) is 9.67. The SMILES string of the molecule is CC(C)NC(=O)CCNC(=O)N(C)Cc1cnn(-c2ccccc2)c1. The molecule has 2 rings (SSSR count). The van der Waals surface area contributed by atoms with Gasteiger partial charge in [0.2, 0.25) is 5.91 Å². The average Bonchev–Trinajstić information content (AvgIpc) is 3.03. The topological polar surface area (TPSA) is 79.3 Å². The Bertz CT molecular complexity index is 697. The Labute approximate surface area is 148 Å². The van der Waals surface area contributed by atoms with E-state index < -0.39 is 0 Å². The van der Waals surface area contributed by atoms with E-state index in [0.717, 1.165) is 11.3 Å². The third-order valence-corrected chi connectivity index (χ3v) is 3.50. The van der Waals surface area contributed by atoms with Gasteiger partial charge in [-0.1, -0.05) is 18.2 Å². The molecule has 2 aromatic rings. The minimum atomic E-state index is -0.218. The van der Waals surface area contributed by atoms with Crippen molar-refractivity contribution in [3.05, 3.63) is 48.3 Å². The molecule has 0 aliphatic carbocycles. The fraction of sp³-hybridized carbons (Fsp3) is 0.389. The van der Waals surface area contributed by atoms with Gasteiger partial charge in [-0.2, -0.15) is 5.10 Å². The average molecular weight is 343 g/mol. The fourth-order valence-electron chi connectivity index (χ4n) is 2.32. The number of urea groups is 1. The normalized spacial score (nSPS) is 10.6. The van der Waals surface area contributed by atoms with Crippen LogP contribution < -0.4 is 10.6 Å². The van der Waals surface area contributed by atoms with Gasteiger partial charge in [-0.3, -0.25) is 4.79 Å². The Morgan fingerprint density at radius 2 is 1.96 bits per heavy atom. The van der Waals surface area contributed by atoms with Gasteiger partial charge in [0.1, 0.15) is 0 Å². The third-order valence-electron chi connectivity index (χ3n) is 3.50. The summed E-state index contributed by atoms with van der Waals surface area (Å²) in [6.45, 7) is 4.56. The van der Waals surface area contributed by atoms with Crippen LogP contribution in [0.2, 0.25) is 0 Å². The highest BCUT2D eigenvalue weighted by molar-refractivity contribution is 5.78. The number of hydrogen-bond donors (Lipinski definition) is 2. The Balaban J connectivity index is 1.79. The summed E-state index contributed by atoms with van der Waals surface area (Å²) in [5.74, 6) is -0.0675. The first kappa shape index (κ1) is 18.5. The monoisotopic (exact) mass is 343 g/mol. The van der Waals surface area contributed by atoms with Crippen molar-refractivity contribution in [1.82, 2.24) is 25.3 Å². The molecule has 0 aliphatic heterocycles. The summed E-state index contributed by atoms with van der Waals surface area (Å²) in [7, 11) is 1.71. The van der Waals surface area contributed by atoms with Crippen molar-refractivity contribution in [1.29, 1.82) is 0 Å². The summed E-state index contributed by atoms with van der Waals surface area (Å²) >= 11 is 0. The van der Waals surface area contributed by atoms with Gasteiger partial charge in [0.25, 0.3) is 0 Å². The van der Waals surface area contributed by atoms with E-state index in [9.17, 15) is 9.59 Å². The predicted octanol–water partition coefficient (Wildman–Crippen LogP) is 1.93. The zero-order valence-corrected chi connectivity index (χ0v) is 14.9. The van der Waals surface area contributed by atoms with E-state index in [1.807, 2.05) is 50.4 Å². The number of carbonyl (C=O) groups is 2. The van der Waals surface area contributed by atoms with Crippen LogP contribution in [0.4, 0.5) is 4.79 Å². The second-order valence-corrected chi connectivity index (χ2v) is 6.19. The number of carbonyl (C=O) groups excluding carboxylic acids is 2. The van der Waals surface area contributed by atoms with Crippen molar-refractivity contribution < 1.29 is 9.59 Å². The van der Waals surface area contributed by atoms with Gasteiger partial charge >= 0.3 is 6.03 Å². The van der Waals surface area contributed by atoms with Crippen molar-refractivity contribution in [3.63, 3.8) is 0 Å². The molecule has 0 fully saturated rings. The van der Waals surface area contributed by atoms with Gasteiger partial charge in [0.05, 0.1) is 18.4 Å². The molecule has 0 spiro atoms. The van der Waals surface area contributed by atoms with Gasteiger partial charge in [-0.05, 0) is 26.0 Å². The quantitative estimate of drug-likeness (QED) is 0.806. The molecule has 3 amide bonds. The summed E-state index contributed by atoms with van der Waals surface area (Å²) in [4.78, 5) is 25.2. The summed E-state index contributed by atoms with van der Waals surface area (Å²) in [5, 5.41) is 9.85. The fourth-order valence-corrected chi connectivity index (χ4v) is 2.32. The second kappa shape index (κ2) is 8.86. The van der Waals surface area contributed by atoms with Crippen LogP contribution in [0.25, 0.3) is 5.69 Å². The molecule has 1 aromatic heterocycles. The van der Waals surface area contributed by atoms with Gasteiger partial charge in [0.15, 0.2) is 0 Å².